The van der Waals surface area contributed by atoms with Gasteiger partial charge in [-0.25, -0.2) is 0 Å². The Kier molecular flexibility index (Phi) is 2.17. The van der Waals surface area contributed by atoms with Gasteiger partial charge < -0.3 is 10.2 Å². The highest BCUT2D eigenvalue weighted by molar-refractivity contribution is 5.57. The summed E-state index contributed by atoms with van der Waals surface area (Å²) in [4.78, 5) is 2.42. The average molecular weight is 202 g/mol. The fourth-order valence-electron chi connectivity index (χ4n) is 3.09. The van der Waals surface area contributed by atoms with Gasteiger partial charge in [0.25, 0.3) is 0 Å². The lowest BCUT2D eigenvalue weighted by atomic mass is 9.78. The molecule has 1 aromatic rings. The number of hydrogen-bond acceptors (Lipinski definition) is 2. The third-order valence-corrected chi connectivity index (χ3v) is 3.88. The maximum Gasteiger partial charge on any atom is 0.0399 e. The normalized spacial score (nSPS) is 29.5. The van der Waals surface area contributed by atoms with Gasteiger partial charge in [-0.2, -0.15) is 0 Å². The van der Waals surface area contributed by atoms with E-state index in [1.165, 1.54) is 25.2 Å². The highest BCUT2D eigenvalue weighted by Gasteiger charge is 2.33. The lowest BCUT2D eigenvalue weighted by molar-refractivity contribution is 0.317. The van der Waals surface area contributed by atoms with Gasteiger partial charge in [-0.3, -0.25) is 0 Å². The Hall–Kier alpha value is -1.02. The number of hydrogen-bond donors (Lipinski definition) is 1. The van der Waals surface area contributed by atoms with Crippen LogP contribution in [0.25, 0.3) is 0 Å². The molecule has 3 rings (SSSR count). The Morgan fingerprint density at radius 3 is 3.13 bits per heavy atom. The first-order chi connectivity index (χ1) is 7.36. The van der Waals surface area contributed by atoms with Crippen LogP contribution in [0, 0.1) is 5.92 Å². The summed E-state index contributed by atoms with van der Waals surface area (Å²) in [5.41, 5.74) is 2.98. The fraction of sp³-hybridized carbons (Fsp3) is 0.538. The van der Waals surface area contributed by atoms with Crippen LogP contribution in [0.15, 0.2) is 24.3 Å². The van der Waals surface area contributed by atoms with Gasteiger partial charge in [-0.05, 0) is 30.5 Å². The Morgan fingerprint density at radius 2 is 2.20 bits per heavy atom. The van der Waals surface area contributed by atoms with E-state index in [0.717, 1.165) is 18.4 Å². The van der Waals surface area contributed by atoms with E-state index in [1.807, 2.05) is 0 Å². The molecule has 2 heteroatoms. The van der Waals surface area contributed by atoms with E-state index in [0.29, 0.717) is 0 Å². The first-order valence-electron chi connectivity index (χ1n) is 5.87. The van der Waals surface area contributed by atoms with Gasteiger partial charge in [-0.15, -0.1) is 0 Å². The summed E-state index contributed by atoms with van der Waals surface area (Å²) < 4.78 is 0. The smallest absolute Gasteiger partial charge is 0.0399 e. The third kappa shape index (κ3) is 1.44. The van der Waals surface area contributed by atoms with Gasteiger partial charge in [0.2, 0.25) is 0 Å². The largest absolute Gasteiger partial charge is 0.374 e. The van der Waals surface area contributed by atoms with Crippen LogP contribution in [0.5, 0.6) is 0 Å². The van der Waals surface area contributed by atoms with Crippen LogP contribution in [0.4, 0.5) is 5.69 Å². The maximum atomic E-state index is 3.52. The molecule has 2 nitrogen and oxygen atoms in total. The van der Waals surface area contributed by atoms with E-state index in [4.69, 9.17) is 0 Å². The molecule has 15 heavy (non-hydrogen) atoms. The molecule has 0 amide bonds. The number of nitrogens with zero attached hydrogens (tertiary/aromatic N) is 1. The van der Waals surface area contributed by atoms with Crippen molar-refractivity contribution < 1.29 is 0 Å². The zero-order chi connectivity index (χ0) is 10.3. The molecule has 1 fully saturated rings. The van der Waals surface area contributed by atoms with Gasteiger partial charge in [0.05, 0.1) is 0 Å². The van der Waals surface area contributed by atoms with Crippen molar-refractivity contribution in [2.45, 2.75) is 12.3 Å². The quantitative estimate of drug-likeness (QED) is 0.690. The Balaban J connectivity index is 2.03. The number of rotatable bonds is 0. The number of piperidine rings is 1. The highest BCUT2D eigenvalue weighted by atomic mass is 15.1. The van der Waals surface area contributed by atoms with E-state index in [2.05, 4.69) is 41.5 Å². The van der Waals surface area contributed by atoms with Crippen LogP contribution in [0.3, 0.4) is 0 Å². The molecule has 0 aromatic heterocycles. The Bertz CT molecular complexity index is 361. The first-order valence-corrected chi connectivity index (χ1v) is 5.87. The summed E-state index contributed by atoms with van der Waals surface area (Å²) >= 11 is 0. The second-order valence-electron chi connectivity index (χ2n) is 4.80. The molecule has 2 unspecified atom stereocenters. The predicted molar refractivity (Wildman–Crippen MR) is 63.4 cm³/mol. The van der Waals surface area contributed by atoms with Crippen molar-refractivity contribution >= 4 is 5.69 Å². The molecule has 2 heterocycles. The molecule has 2 aliphatic rings. The molecule has 2 atom stereocenters. The van der Waals surface area contributed by atoms with Crippen molar-refractivity contribution in [3.05, 3.63) is 29.8 Å². The number of anilines is 1. The molecule has 0 radical (unpaired) electrons. The predicted octanol–water partition coefficient (Wildman–Crippen LogP) is 1.83. The molecule has 0 spiro atoms. The molecular weight excluding hydrogens is 184 g/mol. The number of benzene rings is 1. The monoisotopic (exact) mass is 202 g/mol. The zero-order valence-electron chi connectivity index (χ0n) is 9.24. The number of fused-ring (bicyclic) bond motifs is 3. The molecular formula is C13H18N2. The minimum Gasteiger partial charge on any atom is -0.374 e. The van der Waals surface area contributed by atoms with Crippen molar-refractivity contribution in [2.24, 2.45) is 5.92 Å². The Labute approximate surface area is 91.3 Å². The molecule has 0 bridgehead atoms. The molecule has 1 N–H and O–H groups in total. The van der Waals surface area contributed by atoms with Crippen LogP contribution in [0.1, 0.15) is 17.9 Å². The SMILES string of the molecule is CN1CC2CCNCC2c2ccccc21. The topological polar surface area (TPSA) is 15.3 Å². The third-order valence-electron chi connectivity index (χ3n) is 3.88. The van der Waals surface area contributed by atoms with Crippen molar-refractivity contribution in [1.29, 1.82) is 0 Å². The second-order valence-corrected chi connectivity index (χ2v) is 4.80. The Morgan fingerprint density at radius 1 is 1.33 bits per heavy atom. The van der Waals surface area contributed by atoms with Crippen molar-refractivity contribution in [1.82, 2.24) is 5.32 Å². The van der Waals surface area contributed by atoms with Crippen molar-refractivity contribution in [3.8, 4) is 0 Å². The van der Waals surface area contributed by atoms with Gasteiger partial charge >= 0.3 is 0 Å². The van der Waals surface area contributed by atoms with Gasteiger partial charge in [0.1, 0.15) is 0 Å². The van der Waals surface area contributed by atoms with E-state index >= 15 is 0 Å². The summed E-state index contributed by atoms with van der Waals surface area (Å²) in [5, 5.41) is 3.52. The lowest BCUT2D eigenvalue weighted by Gasteiger charge is -2.42. The molecule has 1 aromatic carbocycles. The first kappa shape index (κ1) is 9.22. The molecule has 0 saturated carbocycles. The van der Waals surface area contributed by atoms with E-state index in [9.17, 15) is 0 Å². The number of nitrogens with one attached hydrogen (secondary N) is 1. The van der Waals surface area contributed by atoms with Crippen LogP contribution < -0.4 is 10.2 Å². The minimum absolute atomic E-state index is 0.742. The second kappa shape index (κ2) is 3.53. The molecule has 1 saturated heterocycles. The van der Waals surface area contributed by atoms with E-state index in [1.54, 1.807) is 5.56 Å². The van der Waals surface area contributed by atoms with Crippen molar-refractivity contribution in [3.63, 3.8) is 0 Å². The maximum absolute atomic E-state index is 3.52. The van der Waals surface area contributed by atoms with Crippen LogP contribution in [-0.4, -0.2) is 26.7 Å². The van der Waals surface area contributed by atoms with Crippen LogP contribution in [0.2, 0.25) is 0 Å². The van der Waals surface area contributed by atoms with Gasteiger partial charge in [0, 0.05) is 31.7 Å². The molecule has 80 valence electrons. The minimum atomic E-state index is 0.742. The van der Waals surface area contributed by atoms with Gasteiger partial charge in [-0.1, -0.05) is 18.2 Å². The summed E-state index contributed by atoms with van der Waals surface area (Å²) in [5.74, 6) is 1.59. The van der Waals surface area contributed by atoms with E-state index in [-0.39, 0.29) is 0 Å². The fourth-order valence-corrected chi connectivity index (χ4v) is 3.09. The van der Waals surface area contributed by atoms with Crippen LogP contribution in [-0.2, 0) is 0 Å². The summed E-state index contributed by atoms with van der Waals surface area (Å²) in [6.07, 6.45) is 1.32. The van der Waals surface area contributed by atoms with Gasteiger partial charge in [0.15, 0.2) is 0 Å². The summed E-state index contributed by atoms with van der Waals surface area (Å²) in [7, 11) is 2.22. The summed E-state index contributed by atoms with van der Waals surface area (Å²) in [6, 6.07) is 8.87. The zero-order valence-corrected chi connectivity index (χ0v) is 9.24. The molecule has 2 aliphatic heterocycles. The average Bonchev–Trinajstić information content (AvgIpc) is 2.30. The van der Waals surface area contributed by atoms with E-state index < -0.39 is 0 Å². The highest BCUT2D eigenvalue weighted by Crippen LogP contribution is 2.39. The lowest BCUT2D eigenvalue weighted by Crippen LogP contribution is -2.44. The number of para-hydroxylation sites is 1. The van der Waals surface area contributed by atoms with Crippen molar-refractivity contribution in [2.75, 3.05) is 31.6 Å². The molecule has 0 aliphatic carbocycles. The summed E-state index contributed by atoms with van der Waals surface area (Å²) in [6.45, 7) is 3.58. The standard InChI is InChI=1S/C13H18N2/c1-15-9-10-6-7-14-8-12(10)11-4-2-3-5-13(11)15/h2-5,10,12,14H,6-9H2,1H3. The van der Waals surface area contributed by atoms with Crippen LogP contribution >= 0.6 is 0 Å².